The van der Waals surface area contributed by atoms with Crippen molar-refractivity contribution in [1.29, 1.82) is 0 Å². The van der Waals surface area contributed by atoms with Crippen LogP contribution in [-0.4, -0.2) is 36.8 Å². The molecule has 0 spiro atoms. The zero-order valence-electron chi connectivity index (χ0n) is 16.9. The molecular formula is C23H25FN2O3. The monoisotopic (exact) mass is 396 g/mol. The molecule has 0 N–H and O–H groups in total. The van der Waals surface area contributed by atoms with Gasteiger partial charge in [0.1, 0.15) is 18.4 Å². The number of amides is 1. The van der Waals surface area contributed by atoms with Crippen molar-refractivity contribution in [3.63, 3.8) is 0 Å². The van der Waals surface area contributed by atoms with Crippen molar-refractivity contribution >= 4 is 23.3 Å². The molecule has 0 aromatic heterocycles. The average molecular weight is 396 g/mol. The highest BCUT2D eigenvalue weighted by Gasteiger charge is 2.35. The number of carbonyl (C=O) groups is 2. The van der Waals surface area contributed by atoms with E-state index in [0.717, 1.165) is 12.0 Å². The number of halogens is 1. The van der Waals surface area contributed by atoms with Crippen LogP contribution in [0.1, 0.15) is 38.3 Å². The number of ether oxygens (including phenoxy) is 1. The second-order valence-corrected chi connectivity index (χ2v) is 7.06. The maximum Gasteiger partial charge on any atom is 0.326 e. The van der Waals surface area contributed by atoms with Gasteiger partial charge in [-0.15, -0.1) is 0 Å². The molecular weight excluding hydrogens is 371 g/mol. The van der Waals surface area contributed by atoms with E-state index in [1.165, 1.54) is 23.1 Å². The van der Waals surface area contributed by atoms with Crippen LogP contribution in [0.3, 0.4) is 0 Å². The van der Waals surface area contributed by atoms with E-state index in [2.05, 4.69) is 0 Å². The Morgan fingerprint density at radius 2 is 1.93 bits per heavy atom. The molecule has 0 radical (unpaired) electrons. The Balaban J connectivity index is 2.21. The number of fused-ring (bicyclic) bond motifs is 1. The summed E-state index contributed by atoms with van der Waals surface area (Å²) >= 11 is 0. The molecule has 6 heteroatoms. The van der Waals surface area contributed by atoms with E-state index in [4.69, 9.17) is 9.73 Å². The Labute approximate surface area is 170 Å². The summed E-state index contributed by atoms with van der Waals surface area (Å²) < 4.78 is 19.3. The molecule has 2 unspecified atom stereocenters. The van der Waals surface area contributed by atoms with Crippen molar-refractivity contribution in [2.24, 2.45) is 10.9 Å². The standard InChI is InChI=1S/C23H25FN2O3/c1-4-15(3)21-23(28)26(14-20(27)29-5-2)19-12-11-17(24)13-18(19)22(25-21)16-9-7-6-8-10-16/h6-13,15,21H,4-5,14H2,1-3H3. The molecule has 0 bridgehead atoms. The number of anilines is 1. The number of carbonyl (C=O) groups excluding carboxylic acids is 2. The molecule has 0 saturated carbocycles. The van der Waals surface area contributed by atoms with Crippen LogP contribution in [0.4, 0.5) is 10.1 Å². The van der Waals surface area contributed by atoms with Crippen LogP contribution in [0.5, 0.6) is 0 Å². The average Bonchev–Trinajstić information content (AvgIpc) is 2.83. The number of hydrogen-bond acceptors (Lipinski definition) is 4. The molecule has 0 saturated heterocycles. The number of benzodiazepines with no additional fused rings is 1. The van der Waals surface area contributed by atoms with Gasteiger partial charge in [-0.05, 0) is 31.0 Å². The first-order chi connectivity index (χ1) is 14.0. The van der Waals surface area contributed by atoms with Gasteiger partial charge in [-0.2, -0.15) is 0 Å². The van der Waals surface area contributed by atoms with Gasteiger partial charge in [0, 0.05) is 11.1 Å². The number of rotatable bonds is 6. The molecule has 2 aromatic rings. The Morgan fingerprint density at radius 3 is 2.59 bits per heavy atom. The summed E-state index contributed by atoms with van der Waals surface area (Å²) in [5, 5.41) is 0. The summed E-state index contributed by atoms with van der Waals surface area (Å²) in [6, 6.07) is 12.9. The topological polar surface area (TPSA) is 59.0 Å². The summed E-state index contributed by atoms with van der Waals surface area (Å²) in [5.41, 5.74) is 2.28. The van der Waals surface area contributed by atoms with E-state index in [0.29, 0.717) is 17.0 Å². The molecule has 1 heterocycles. The zero-order chi connectivity index (χ0) is 21.0. The lowest BCUT2D eigenvalue weighted by molar-refractivity contribution is -0.142. The van der Waals surface area contributed by atoms with Crippen molar-refractivity contribution in [2.75, 3.05) is 18.1 Å². The fraction of sp³-hybridized carbons (Fsp3) is 0.348. The Bertz CT molecular complexity index is 927. The van der Waals surface area contributed by atoms with Gasteiger partial charge in [0.2, 0.25) is 0 Å². The third-order valence-electron chi connectivity index (χ3n) is 5.11. The first-order valence-corrected chi connectivity index (χ1v) is 9.86. The first-order valence-electron chi connectivity index (χ1n) is 9.86. The lowest BCUT2D eigenvalue weighted by atomic mass is 9.98. The maximum atomic E-state index is 14.2. The third-order valence-corrected chi connectivity index (χ3v) is 5.11. The van der Waals surface area contributed by atoms with Crippen molar-refractivity contribution in [3.8, 4) is 0 Å². The van der Waals surface area contributed by atoms with Crippen molar-refractivity contribution in [2.45, 2.75) is 33.2 Å². The normalized spacial score (nSPS) is 17.2. The summed E-state index contributed by atoms with van der Waals surface area (Å²) in [4.78, 5) is 31.8. The smallest absolute Gasteiger partial charge is 0.326 e. The minimum absolute atomic E-state index is 0.0509. The molecule has 152 valence electrons. The quantitative estimate of drug-likeness (QED) is 0.694. The number of benzene rings is 2. The van der Waals surface area contributed by atoms with Gasteiger partial charge in [0.15, 0.2) is 0 Å². The molecule has 5 nitrogen and oxygen atoms in total. The highest BCUT2D eigenvalue weighted by molar-refractivity contribution is 6.20. The molecule has 2 atom stereocenters. The van der Waals surface area contributed by atoms with Crippen LogP contribution < -0.4 is 4.90 Å². The van der Waals surface area contributed by atoms with Gasteiger partial charge in [-0.1, -0.05) is 50.6 Å². The van der Waals surface area contributed by atoms with Gasteiger partial charge in [0.05, 0.1) is 18.0 Å². The van der Waals surface area contributed by atoms with Crippen LogP contribution in [-0.2, 0) is 14.3 Å². The summed E-state index contributed by atoms with van der Waals surface area (Å²) in [7, 11) is 0. The van der Waals surface area contributed by atoms with Crippen molar-refractivity contribution in [1.82, 2.24) is 0 Å². The highest BCUT2D eigenvalue weighted by Crippen LogP contribution is 2.31. The first kappa shape index (κ1) is 20.7. The maximum absolute atomic E-state index is 14.2. The van der Waals surface area contributed by atoms with E-state index in [1.54, 1.807) is 6.92 Å². The number of hydrogen-bond donors (Lipinski definition) is 0. The van der Waals surface area contributed by atoms with Gasteiger partial charge < -0.3 is 4.74 Å². The van der Waals surface area contributed by atoms with Gasteiger partial charge >= 0.3 is 5.97 Å². The summed E-state index contributed by atoms with van der Waals surface area (Å²) in [6.45, 7) is 5.63. The molecule has 29 heavy (non-hydrogen) atoms. The van der Waals surface area contributed by atoms with Gasteiger partial charge in [0.25, 0.3) is 5.91 Å². The predicted octanol–water partition coefficient (Wildman–Crippen LogP) is 3.99. The minimum Gasteiger partial charge on any atom is -0.465 e. The third kappa shape index (κ3) is 4.36. The minimum atomic E-state index is -0.680. The predicted molar refractivity (Wildman–Crippen MR) is 111 cm³/mol. The van der Waals surface area contributed by atoms with Crippen LogP contribution in [0, 0.1) is 11.7 Å². The van der Waals surface area contributed by atoms with Crippen LogP contribution in [0.2, 0.25) is 0 Å². The van der Waals surface area contributed by atoms with Crippen molar-refractivity contribution in [3.05, 3.63) is 65.5 Å². The molecule has 0 aliphatic carbocycles. The van der Waals surface area contributed by atoms with E-state index >= 15 is 0 Å². The highest BCUT2D eigenvalue weighted by atomic mass is 19.1. The Kier molecular flexibility index (Phi) is 6.42. The Morgan fingerprint density at radius 1 is 1.21 bits per heavy atom. The molecule has 1 amide bonds. The molecule has 2 aromatic carbocycles. The van der Waals surface area contributed by atoms with E-state index < -0.39 is 17.8 Å². The van der Waals surface area contributed by atoms with Gasteiger partial charge in [-0.3, -0.25) is 19.5 Å². The zero-order valence-corrected chi connectivity index (χ0v) is 16.9. The van der Waals surface area contributed by atoms with Crippen LogP contribution in [0.15, 0.2) is 53.5 Å². The fourth-order valence-electron chi connectivity index (χ4n) is 3.39. The summed E-state index contributed by atoms with van der Waals surface area (Å²) in [5.74, 6) is -1.28. The second-order valence-electron chi connectivity index (χ2n) is 7.06. The number of aliphatic imine (C=N–C) groups is 1. The molecule has 1 aliphatic heterocycles. The lowest BCUT2D eigenvalue weighted by Crippen LogP contribution is -2.43. The lowest BCUT2D eigenvalue weighted by Gasteiger charge is -2.26. The van der Waals surface area contributed by atoms with Crippen LogP contribution >= 0.6 is 0 Å². The van der Waals surface area contributed by atoms with E-state index in [1.807, 2.05) is 44.2 Å². The molecule has 0 fully saturated rings. The van der Waals surface area contributed by atoms with Crippen LogP contribution in [0.25, 0.3) is 0 Å². The SMILES string of the molecule is CCOC(=O)CN1C(=O)C(C(C)CC)N=C(c2ccccc2)c2cc(F)ccc21. The van der Waals surface area contributed by atoms with E-state index in [-0.39, 0.29) is 25.0 Å². The largest absolute Gasteiger partial charge is 0.465 e. The number of esters is 1. The molecule has 3 rings (SSSR count). The Hall–Kier alpha value is -3.02. The fourth-order valence-corrected chi connectivity index (χ4v) is 3.39. The van der Waals surface area contributed by atoms with Gasteiger partial charge in [-0.25, -0.2) is 4.39 Å². The second kappa shape index (κ2) is 8.99. The van der Waals surface area contributed by atoms with Crippen molar-refractivity contribution < 1.29 is 18.7 Å². The molecule has 1 aliphatic rings. The summed E-state index contributed by atoms with van der Waals surface area (Å²) in [6.07, 6.45) is 0.736. The number of nitrogens with zero attached hydrogens (tertiary/aromatic N) is 2. The van der Waals surface area contributed by atoms with E-state index in [9.17, 15) is 14.0 Å².